The van der Waals surface area contributed by atoms with Gasteiger partial charge in [-0.3, -0.25) is 4.98 Å². The van der Waals surface area contributed by atoms with Crippen LogP contribution in [0.1, 0.15) is 25.6 Å². The fourth-order valence-corrected chi connectivity index (χ4v) is 2.17. The van der Waals surface area contributed by atoms with Crippen LogP contribution in [0.2, 0.25) is 0 Å². The number of aliphatic hydroxyl groups is 1. The van der Waals surface area contributed by atoms with Gasteiger partial charge in [0.05, 0.1) is 23.7 Å². The number of nitrogens with zero attached hydrogens (tertiary/aromatic N) is 2. The molecule has 1 N–H and O–H groups in total. The molecule has 1 aromatic heterocycles. The van der Waals surface area contributed by atoms with Gasteiger partial charge in [-0.15, -0.1) is 0 Å². The summed E-state index contributed by atoms with van der Waals surface area (Å²) in [4.78, 5) is 6.45. The highest BCUT2D eigenvalue weighted by molar-refractivity contribution is 7.98. The second-order valence-electron chi connectivity index (χ2n) is 4.03. The van der Waals surface area contributed by atoms with Crippen LogP contribution in [-0.4, -0.2) is 35.2 Å². The number of thioether (sulfide) groups is 1. The van der Waals surface area contributed by atoms with Crippen molar-refractivity contribution in [3.8, 4) is 0 Å². The van der Waals surface area contributed by atoms with Crippen molar-refractivity contribution < 1.29 is 5.11 Å². The number of aromatic nitrogens is 1. The Balaban J connectivity index is 2.73. The van der Waals surface area contributed by atoms with Crippen LogP contribution in [0.25, 0.3) is 0 Å². The van der Waals surface area contributed by atoms with Gasteiger partial charge in [0.15, 0.2) is 0 Å². The van der Waals surface area contributed by atoms with E-state index >= 15 is 0 Å². The van der Waals surface area contributed by atoms with Gasteiger partial charge in [0.2, 0.25) is 0 Å². The summed E-state index contributed by atoms with van der Waals surface area (Å²) in [5.74, 6) is 1.09. The van der Waals surface area contributed by atoms with Crippen LogP contribution in [0, 0.1) is 0 Å². The molecule has 1 unspecified atom stereocenters. The summed E-state index contributed by atoms with van der Waals surface area (Å²) in [5, 5.41) is 9.37. The van der Waals surface area contributed by atoms with E-state index in [2.05, 4.69) is 30.1 Å². The maximum atomic E-state index is 9.37. The predicted molar refractivity (Wildman–Crippen MR) is 71.1 cm³/mol. The maximum absolute atomic E-state index is 9.37. The molecule has 0 fully saturated rings. The lowest BCUT2D eigenvalue weighted by Gasteiger charge is -2.26. The Morgan fingerprint density at radius 3 is 2.56 bits per heavy atom. The molecular formula is C12H20N2OS. The summed E-state index contributed by atoms with van der Waals surface area (Å²) in [7, 11) is 2.07. The number of anilines is 1. The molecule has 0 saturated heterocycles. The van der Waals surface area contributed by atoms with Crippen molar-refractivity contribution in [1.82, 2.24) is 4.98 Å². The standard InChI is InChI=1S/C12H20N2OS/c1-9(8-16-4)14(3)11-5-6-12(10(2)15)13-7-11/h5-7,9-10,15H,8H2,1-4H3/t9?,10-/m0/s1. The van der Waals surface area contributed by atoms with E-state index in [1.165, 1.54) is 0 Å². The van der Waals surface area contributed by atoms with Gasteiger partial charge in [-0.2, -0.15) is 11.8 Å². The lowest BCUT2D eigenvalue weighted by atomic mass is 10.2. The minimum absolute atomic E-state index is 0.481. The number of rotatable bonds is 5. The molecule has 0 aliphatic carbocycles. The molecule has 2 atom stereocenters. The first-order valence-corrected chi connectivity index (χ1v) is 6.81. The average Bonchev–Trinajstić information content (AvgIpc) is 2.28. The Labute approximate surface area is 102 Å². The first-order chi connectivity index (χ1) is 7.56. The quantitative estimate of drug-likeness (QED) is 0.857. The first kappa shape index (κ1) is 13.3. The molecule has 1 aromatic rings. The van der Waals surface area contributed by atoms with Crippen molar-refractivity contribution in [3.05, 3.63) is 24.0 Å². The van der Waals surface area contributed by atoms with Gasteiger partial charge >= 0.3 is 0 Å². The molecule has 1 rings (SSSR count). The third-order valence-corrected chi connectivity index (χ3v) is 3.49. The molecule has 0 spiro atoms. The fourth-order valence-electron chi connectivity index (χ4n) is 1.46. The molecule has 0 saturated carbocycles. The summed E-state index contributed by atoms with van der Waals surface area (Å²) in [6.45, 7) is 3.92. The zero-order valence-corrected chi connectivity index (χ0v) is 11.2. The third-order valence-electron chi connectivity index (χ3n) is 2.68. The van der Waals surface area contributed by atoms with Crippen LogP contribution >= 0.6 is 11.8 Å². The van der Waals surface area contributed by atoms with Crippen molar-refractivity contribution >= 4 is 17.4 Å². The molecule has 0 aromatic carbocycles. The largest absolute Gasteiger partial charge is 0.387 e. The Morgan fingerprint density at radius 2 is 2.12 bits per heavy atom. The minimum atomic E-state index is -0.497. The van der Waals surface area contributed by atoms with Crippen LogP contribution in [0.4, 0.5) is 5.69 Å². The van der Waals surface area contributed by atoms with Crippen LogP contribution in [0.15, 0.2) is 18.3 Å². The van der Waals surface area contributed by atoms with Gasteiger partial charge in [-0.1, -0.05) is 0 Å². The Morgan fingerprint density at radius 1 is 1.44 bits per heavy atom. The molecule has 0 radical (unpaired) electrons. The van der Waals surface area contributed by atoms with Crippen molar-refractivity contribution in [2.24, 2.45) is 0 Å². The van der Waals surface area contributed by atoms with Crippen molar-refractivity contribution in [2.75, 3.05) is 24.0 Å². The predicted octanol–water partition coefficient (Wildman–Crippen LogP) is 2.32. The molecule has 90 valence electrons. The zero-order valence-electron chi connectivity index (χ0n) is 10.3. The van der Waals surface area contributed by atoms with Crippen LogP contribution in [0.5, 0.6) is 0 Å². The highest BCUT2D eigenvalue weighted by Crippen LogP contribution is 2.18. The van der Waals surface area contributed by atoms with Crippen molar-refractivity contribution in [2.45, 2.75) is 26.0 Å². The van der Waals surface area contributed by atoms with E-state index in [4.69, 9.17) is 0 Å². The topological polar surface area (TPSA) is 36.4 Å². The second-order valence-corrected chi connectivity index (χ2v) is 4.94. The molecule has 0 aliphatic rings. The SMILES string of the molecule is CSCC(C)N(C)c1ccc([C@H](C)O)nc1. The Hall–Kier alpha value is -0.740. The number of hydrogen-bond donors (Lipinski definition) is 1. The minimum Gasteiger partial charge on any atom is -0.387 e. The van der Waals surface area contributed by atoms with Crippen LogP contribution in [0.3, 0.4) is 0 Å². The molecule has 3 nitrogen and oxygen atoms in total. The first-order valence-electron chi connectivity index (χ1n) is 5.42. The van der Waals surface area contributed by atoms with Gasteiger partial charge in [0.1, 0.15) is 0 Å². The van der Waals surface area contributed by atoms with E-state index in [9.17, 15) is 5.11 Å². The van der Waals surface area contributed by atoms with E-state index < -0.39 is 6.10 Å². The van der Waals surface area contributed by atoms with Crippen molar-refractivity contribution in [3.63, 3.8) is 0 Å². The molecule has 16 heavy (non-hydrogen) atoms. The maximum Gasteiger partial charge on any atom is 0.0931 e. The van der Waals surface area contributed by atoms with E-state index in [1.54, 1.807) is 6.92 Å². The van der Waals surface area contributed by atoms with E-state index in [0.29, 0.717) is 6.04 Å². The number of pyridine rings is 1. The average molecular weight is 240 g/mol. The summed E-state index contributed by atoms with van der Waals surface area (Å²) < 4.78 is 0. The lowest BCUT2D eigenvalue weighted by Crippen LogP contribution is -2.30. The van der Waals surface area contributed by atoms with Crippen molar-refractivity contribution in [1.29, 1.82) is 0 Å². The Kier molecular flexibility index (Phi) is 5.09. The number of hydrogen-bond acceptors (Lipinski definition) is 4. The molecule has 0 amide bonds. The molecule has 1 heterocycles. The second kappa shape index (κ2) is 6.11. The highest BCUT2D eigenvalue weighted by atomic mass is 32.2. The summed E-state index contributed by atoms with van der Waals surface area (Å²) in [6, 6.07) is 4.36. The number of aliphatic hydroxyl groups excluding tert-OH is 1. The monoisotopic (exact) mass is 240 g/mol. The molecule has 0 bridgehead atoms. The van der Waals surface area contributed by atoms with E-state index in [1.807, 2.05) is 30.1 Å². The zero-order chi connectivity index (χ0) is 12.1. The fraction of sp³-hybridized carbons (Fsp3) is 0.583. The van der Waals surface area contributed by atoms with Gasteiger partial charge in [-0.05, 0) is 32.2 Å². The third kappa shape index (κ3) is 3.39. The highest BCUT2D eigenvalue weighted by Gasteiger charge is 2.10. The summed E-state index contributed by atoms with van der Waals surface area (Å²) in [6.07, 6.45) is 3.43. The molecule has 0 aliphatic heterocycles. The summed E-state index contributed by atoms with van der Waals surface area (Å²) >= 11 is 1.84. The normalized spacial score (nSPS) is 14.6. The summed E-state index contributed by atoms with van der Waals surface area (Å²) in [5.41, 5.74) is 1.81. The van der Waals surface area contributed by atoms with Gasteiger partial charge in [0.25, 0.3) is 0 Å². The van der Waals surface area contributed by atoms with Gasteiger partial charge in [0, 0.05) is 18.8 Å². The van der Waals surface area contributed by atoms with E-state index in [0.717, 1.165) is 17.1 Å². The molecule has 4 heteroatoms. The van der Waals surface area contributed by atoms with Crippen LogP contribution < -0.4 is 4.90 Å². The van der Waals surface area contributed by atoms with E-state index in [-0.39, 0.29) is 0 Å². The molecular weight excluding hydrogens is 220 g/mol. The van der Waals surface area contributed by atoms with Gasteiger partial charge in [-0.25, -0.2) is 0 Å². The van der Waals surface area contributed by atoms with Crippen LogP contribution in [-0.2, 0) is 0 Å². The smallest absolute Gasteiger partial charge is 0.0931 e. The van der Waals surface area contributed by atoms with Gasteiger partial charge < -0.3 is 10.0 Å². The lowest BCUT2D eigenvalue weighted by molar-refractivity contribution is 0.194. The Bertz CT molecular complexity index is 313.